The van der Waals surface area contributed by atoms with Gasteiger partial charge in [-0.25, -0.2) is 0 Å². The van der Waals surface area contributed by atoms with Gasteiger partial charge in [0.15, 0.2) is 0 Å². The maximum atomic E-state index is 4.81. The summed E-state index contributed by atoms with van der Waals surface area (Å²) in [5.74, 6) is 0. The molecule has 0 aliphatic rings. The van der Waals surface area contributed by atoms with Crippen molar-refractivity contribution in [3.05, 3.63) is 0 Å². The van der Waals surface area contributed by atoms with Crippen molar-refractivity contribution in [3.8, 4) is 0 Å². The van der Waals surface area contributed by atoms with Gasteiger partial charge in [0.05, 0.1) is 0 Å². The Hall–Kier alpha value is 3.17. The van der Waals surface area contributed by atoms with E-state index in [1.807, 2.05) is 0 Å². The first-order valence-electron chi connectivity index (χ1n) is 0.239. The van der Waals surface area contributed by atoms with Crippen LogP contribution < -0.4 is 63.8 Å². The summed E-state index contributed by atoms with van der Waals surface area (Å²) in [5, 5.41) is 0. The smallest absolute Gasteiger partial charge is 1.00 e. The largest absolute Gasteiger partial charge is 1.00 e. The molecule has 0 saturated carbocycles. The normalized spacial score (nSPS) is 4.40. The second-order valence-electron chi connectivity index (χ2n) is 0.0452. The van der Waals surface area contributed by atoms with Crippen molar-refractivity contribution in [1.29, 1.82) is 0 Å². The molecule has 0 nitrogen and oxygen atoms in total. The van der Waals surface area contributed by atoms with E-state index in [4.69, 9.17) is 19.1 Å². The predicted octanol–water partition coefficient (Wildman–Crippen LogP) is -4.62. The Labute approximate surface area is 96.3 Å². The summed E-state index contributed by atoms with van der Waals surface area (Å²) in [6.45, 7) is 0. The molecule has 0 saturated heterocycles. The minimum Gasteiger partial charge on any atom is 1.00 e. The summed E-state index contributed by atoms with van der Waals surface area (Å²) < 4.78 is 0. The first-order chi connectivity index (χ1) is 1.41. The minimum absolute atomic E-state index is 0. The molecule has 0 atom stereocenters. The topological polar surface area (TPSA) is 0 Å². The Morgan fingerprint density at radius 3 is 1.20 bits per heavy atom. The zero-order valence-electron chi connectivity index (χ0n) is 2.45. The van der Waals surface area contributed by atoms with Crippen LogP contribution in [-0.4, -0.2) is 0 Å². The molecule has 5 heteroatoms. The summed E-state index contributed by atoms with van der Waals surface area (Å²) >= 11 is -0.106. The van der Waals surface area contributed by atoms with Crippen molar-refractivity contribution in [2.75, 3.05) is 0 Å². The third kappa shape index (κ3) is 19.1. The molecule has 0 radical (unpaired) electrons. The van der Waals surface area contributed by atoms with Gasteiger partial charge in [0.2, 0.25) is 0 Å². The van der Waals surface area contributed by atoms with E-state index >= 15 is 0 Å². The van der Waals surface area contributed by atoms with Crippen molar-refractivity contribution in [2.24, 2.45) is 0 Å². The second-order valence-corrected chi connectivity index (χ2v) is 2.41. The van der Waals surface area contributed by atoms with E-state index < -0.39 is 0 Å². The number of hydrogen-bond donors (Lipinski definition) is 0. The van der Waals surface area contributed by atoms with Gasteiger partial charge in [-0.15, -0.1) is 0 Å². The summed E-state index contributed by atoms with van der Waals surface area (Å²) in [6.07, 6.45) is 0. The van der Waals surface area contributed by atoms with Crippen molar-refractivity contribution < 1.29 is 79.7 Å². The van der Waals surface area contributed by atoms with E-state index in [9.17, 15) is 0 Å². The fourth-order valence-corrected chi connectivity index (χ4v) is 0. The molecule has 0 fully saturated rings. The van der Waals surface area contributed by atoms with Crippen LogP contribution in [0.3, 0.4) is 0 Å². The van der Waals surface area contributed by atoms with Crippen LogP contribution in [0.15, 0.2) is 0 Å². The molecular weight excluding hydrogens is 252 g/mol. The summed E-state index contributed by atoms with van der Waals surface area (Å²) in [7, 11) is 9.63. The standard InChI is InChI=1S/3ClH.K.Pd/h3*1H;;/q;;;+1;+2/p-3. The van der Waals surface area contributed by atoms with Gasteiger partial charge < -0.3 is 12.4 Å². The average molecular weight is 252 g/mol. The summed E-state index contributed by atoms with van der Waals surface area (Å²) in [5.41, 5.74) is 0. The third-order valence-corrected chi connectivity index (χ3v) is 0. The Morgan fingerprint density at radius 1 is 1.20 bits per heavy atom. The Kier molecular flexibility index (Phi) is 49.3. The fraction of sp³-hybridized carbons (Fsp3) is 0. The van der Waals surface area contributed by atoms with E-state index in [2.05, 4.69) is 0 Å². The van der Waals surface area contributed by atoms with Gasteiger partial charge in [-0.05, 0) is 0 Å². The van der Waals surface area contributed by atoms with Gasteiger partial charge in [0.25, 0.3) is 0 Å². The monoisotopic (exact) mass is 250 g/mol. The minimum atomic E-state index is -0.106. The summed E-state index contributed by atoms with van der Waals surface area (Å²) in [4.78, 5) is 0. The van der Waals surface area contributed by atoms with E-state index in [0.717, 1.165) is 0 Å². The van der Waals surface area contributed by atoms with Crippen LogP contribution in [0, 0.1) is 0 Å². The van der Waals surface area contributed by atoms with Crippen LogP contribution in [0.1, 0.15) is 0 Å². The summed E-state index contributed by atoms with van der Waals surface area (Å²) in [6, 6.07) is 0. The molecular formula is Cl3KPd. The molecule has 0 heterocycles. The van der Waals surface area contributed by atoms with Gasteiger partial charge in [-0.2, -0.15) is 0 Å². The van der Waals surface area contributed by atoms with E-state index in [1.165, 1.54) is 0 Å². The molecule has 0 aromatic rings. The van der Waals surface area contributed by atoms with Crippen molar-refractivity contribution >= 4 is 19.1 Å². The Balaban J connectivity index is -0.0000000200. The number of hydrogen-bond acceptors (Lipinski definition) is 0. The van der Waals surface area contributed by atoms with E-state index in [1.54, 1.807) is 0 Å². The maximum Gasteiger partial charge on any atom is 1.00 e. The molecule has 0 aliphatic heterocycles. The molecule has 0 aromatic heterocycles. The molecule has 0 N–H and O–H groups in total. The zero-order valence-corrected chi connectivity index (χ0v) is 9.40. The molecule has 0 amide bonds. The number of rotatable bonds is 0. The molecule has 0 bridgehead atoms. The van der Waals surface area contributed by atoms with Crippen LogP contribution in [0.25, 0.3) is 0 Å². The van der Waals surface area contributed by atoms with Gasteiger partial charge in [-0.3, -0.25) is 0 Å². The molecule has 32 valence electrons. The van der Waals surface area contributed by atoms with Crippen LogP contribution >= 0.6 is 19.1 Å². The zero-order chi connectivity index (χ0) is 2.71. The third-order valence-electron chi connectivity index (χ3n) is 0. The van der Waals surface area contributed by atoms with Gasteiger partial charge >= 0.3 is 86.4 Å². The van der Waals surface area contributed by atoms with Crippen molar-refractivity contribution in [3.63, 3.8) is 0 Å². The fourth-order valence-electron chi connectivity index (χ4n) is 0. The van der Waals surface area contributed by atoms with Crippen LogP contribution in [0.4, 0.5) is 0 Å². The Bertz CT molecular complexity index is 6.85. The SMILES string of the molecule is [Cl-].[Cl][Pd][Cl].[K+]. The molecule has 0 aliphatic carbocycles. The molecule has 0 spiro atoms. The first kappa shape index (κ1) is 15.7. The van der Waals surface area contributed by atoms with Crippen LogP contribution in [0.5, 0.6) is 0 Å². The molecule has 0 unspecified atom stereocenters. The second kappa shape index (κ2) is 15.7. The van der Waals surface area contributed by atoms with Crippen LogP contribution in [-0.2, 0) is 15.9 Å². The van der Waals surface area contributed by atoms with E-state index in [0.29, 0.717) is 0 Å². The van der Waals surface area contributed by atoms with E-state index in [-0.39, 0.29) is 79.7 Å². The maximum absolute atomic E-state index is 4.81. The van der Waals surface area contributed by atoms with Gasteiger partial charge in [-0.1, -0.05) is 0 Å². The molecule has 0 rings (SSSR count). The van der Waals surface area contributed by atoms with Crippen molar-refractivity contribution in [1.82, 2.24) is 0 Å². The molecule has 5 heavy (non-hydrogen) atoms. The van der Waals surface area contributed by atoms with Crippen LogP contribution in [0.2, 0.25) is 0 Å². The average Bonchev–Trinajstić information content (AvgIpc) is 0.918. The van der Waals surface area contributed by atoms with Gasteiger partial charge in [0, 0.05) is 0 Å². The first-order valence-corrected chi connectivity index (χ1v) is 4.24. The molecule has 0 aromatic carbocycles. The Morgan fingerprint density at radius 2 is 1.20 bits per heavy atom. The quantitative estimate of drug-likeness (QED) is 0.380. The van der Waals surface area contributed by atoms with Crippen molar-refractivity contribution in [2.45, 2.75) is 0 Å². The van der Waals surface area contributed by atoms with Gasteiger partial charge in [0.1, 0.15) is 0 Å². The predicted molar refractivity (Wildman–Crippen MR) is 11.7 cm³/mol. The number of halogens is 3.